The van der Waals surface area contributed by atoms with Crippen molar-refractivity contribution in [3.05, 3.63) is 0 Å². The van der Waals surface area contributed by atoms with Crippen LogP contribution in [0.5, 0.6) is 0 Å². The fourth-order valence-corrected chi connectivity index (χ4v) is 3.62. The highest BCUT2D eigenvalue weighted by atomic mass is 19.4. The molecule has 0 radical (unpaired) electrons. The summed E-state index contributed by atoms with van der Waals surface area (Å²) in [6, 6.07) is -1.63. The van der Waals surface area contributed by atoms with E-state index >= 15 is 0 Å². The van der Waals surface area contributed by atoms with Crippen LogP contribution in [0, 0.1) is 5.92 Å². The summed E-state index contributed by atoms with van der Waals surface area (Å²) in [5.74, 6) is 0.0820. The van der Waals surface area contributed by atoms with Gasteiger partial charge in [-0.15, -0.1) is 0 Å². The van der Waals surface area contributed by atoms with Crippen LogP contribution in [0.1, 0.15) is 32.6 Å². The highest BCUT2D eigenvalue weighted by molar-refractivity contribution is 5.76. The van der Waals surface area contributed by atoms with Crippen molar-refractivity contribution in [3.63, 3.8) is 0 Å². The molecule has 2 rings (SSSR count). The third-order valence-electron chi connectivity index (χ3n) is 5.30. The van der Waals surface area contributed by atoms with Crippen molar-refractivity contribution < 1.29 is 22.8 Å². The van der Waals surface area contributed by atoms with Gasteiger partial charge in [0, 0.05) is 59.2 Å². The van der Waals surface area contributed by atoms with E-state index in [1.54, 1.807) is 11.8 Å². The Kier molecular flexibility index (Phi) is 7.69. The molecule has 2 aliphatic rings. The molecule has 0 saturated carbocycles. The van der Waals surface area contributed by atoms with Gasteiger partial charge in [-0.2, -0.15) is 13.2 Å². The molecule has 26 heavy (non-hydrogen) atoms. The average Bonchev–Trinajstić information content (AvgIpc) is 2.60. The van der Waals surface area contributed by atoms with E-state index in [1.807, 2.05) is 0 Å². The van der Waals surface area contributed by atoms with Gasteiger partial charge in [-0.1, -0.05) is 0 Å². The van der Waals surface area contributed by atoms with Crippen LogP contribution in [0.3, 0.4) is 0 Å². The van der Waals surface area contributed by atoms with Gasteiger partial charge in [0.1, 0.15) is 6.04 Å². The number of nitrogens with one attached hydrogen (secondary N) is 2. The predicted octanol–water partition coefficient (Wildman–Crippen LogP) is 0.977. The Morgan fingerprint density at radius 2 is 1.77 bits per heavy atom. The van der Waals surface area contributed by atoms with Crippen LogP contribution in [0.15, 0.2) is 0 Å². The highest BCUT2D eigenvalue weighted by Gasteiger charge is 2.43. The van der Waals surface area contributed by atoms with Gasteiger partial charge in [0.05, 0.1) is 0 Å². The van der Waals surface area contributed by atoms with Crippen LogP contribution in [0.4, 0.5) is 13.2 Å². The quantitative estimate of drug-likeness (QED) is 0.723. The van der Waals surface area contributed by atoms with E-state index < -0.39 is 18.8 Å². The zero-order valence-electron chi connectivity index (χ0n) is 15.3. The number of rotatable bonds is 6. The summed E-state index contributed by atoms with van der Waals surface area (Å²) < 4.78 is 39.9. The molecule has 2 N–H and O–H groups in total. The van der Waals surface area contributed by atoms with Crippen molar-refractivity contribution >= 4 is 11.8 Å². The van der Waals surface area contributed by atoms with Crippen molar-refractivity contribution in [1.82, 2.24) is 20.4 Å². The predicted molar refractivity (Wildman–Crippen MR) is 91.5 cm³/mol. The molecular weight excluding hydrogens is 349 g/mol. The molecule has 0 aromatic rings. The smallest absolute Gasteiger partial charge is 0.354 e. The maximum absolute atomic E-state index is 13.3. The second-order valence-corrected chi connectivity index (χ2v) is 7.14. The van der Waals surface area contributed by atoms with Gasteiger partial charge >= 0.3 is 6.18 Å². The Labute approximate surface area is 152 Å². The van der Waals surface area contributed by atoms with E-state index in [-0.39, 0.29) is 18.2 Å². The van der Waals surface area contributed by atoms with Gasteiger partial charge in [-0.25, -0.2) is 0 Å². The lowest BCUT2D eigenvalue weighted by molar-refractivity contribution is -0.184. The summed E-state index contributed by atoms with van der Waals surface area (Å²) >= 11 is 0. The number of halogens is 3. The van der Waals surface area contributed by atoms with E-state index in [0.717, 1.165) is 12.8 Å². The second kappa shape index (κ2) is 9.55. The number of piperidine rings is 1. The molecule has 0 aromatic heterocycles. The summed E-state index contributed by atoms with van der Waals surface area (Å²) in [5, 5.41) is 5.50. The van der Waals surface area contributed by atoms with Crippen molar-refractivity contribution in [1.29, 1.82) is 0 Å². The first kappa shape index (κ1) is 21.0. The standard InChI is InChI=1S/C17H29F3N4O2/c1-13(25)23-8-4-14(5-9-23)2-3-16(26)22-12-15(17(18,19)20)24-10-6-21-7-11-24/h14-15,21H,2-12H2,1H3,(H,22,26). The highest BCUT2D eigenvalue weighted by Crippen LogP contribution is 2.25. The third kappa shape index (κ3) is 6.42. The molecule has 6 nitrogen and oxygen atoms in total. The largest absolute Gasteiger partial charge is 0.405 e. The number of hydrogen-bond acceptors (Lipinski definition) is 4. The van der Waals surface area contributed by atoms with Crippen LogP contribution >= 0.6 is 0 Å². The Bertz CT molecular complexity index is 473. The molecule has 2 fully saturated rings. The van der Waals surface area contributed by atoms with Gasteiger partial charge in [-0.05, 0) is 25.2 Å². The Morgan fingerprint density at radius 1 is 1.15 bits per heavy atom. The maximum atomic E-state index is 13.3. The van der Waals surface area contributed by atoms with Crippen molar-refractivity contribution in [3.8, 4) is 0 Å². The lowest BCUT2D eigenvalue weighted by Gasteiger charge is -2.36. The minimum absolute atomic E-state index is 0.0623. The molecule has 2 amide bonds. The van der Waals surface area contributed by atoms with E-state index in [9.17, 15) is 22.8 Å². The molecule has 0 aromatic carbocycles. The van der Waals surface area contributed by atoms with Crippen LogP contribution in [-0.2, 0) is 9.59 Å². The summed E-state index contributed by atoms with van der Waals surface area (Å²) in [4.78, 5) is 26.5. The number of alkyl halides is 3. The van der Waals surface area contributed by atoms with Gasteiger partial charge in [0.2, 0.25) is 11.8 Å². The zero-order chi connectivity index (χ0) is 19.2. The molecule has 2 heterocycles. The number of piperazine rings is 1. The van der Waals surface area contributed by atoms with Gasteiger partial charge in [-0.3, -0.25) is 14.5 Å². The molecule has 9 heteroatoms. The number of carbonyl (C=O) groups is 2. The average molecular weight is 378 g/mol. The lowest BCUT2D eigenvalue weighted by Crippen LogP contribution is -2.57. The fraction of sp³-hybridized carbons (Fsp3) is 0.882. The first-order valence-corrected chi connectivity index (χ1v) is 9.31. The van der Waals surface area contributed by atoms with Crippen molar-refractivity contribution in [2.24, 2.45) is 5.92 Å². The first-order valence-electron chi connectivity index (χ1n) is 9.31. The number of nitrogens with zero attached hydrogens (tertiary/aromatic N) is 2. The van der Waals surface area contributed by atoms with Gasteiger partial charge < -0.3 is 15.5 Å². The molecule has 1 atom stereocenters. The number of carbonyl (C=O) groups excluding carboxylic acids is 2. The van der Waals surface area contributed by atoms with E-state index in [4.69, 9.17) is 0 Å². The third-order valence-corrected chi connectivity index (χ3v) is 5.30. The Morgan fingerprint density at radius 3 is 2.31 bits per heavy atom. The van der Waals surface area contributed by atoms with E-state index in [0.29, 0.717) is 51.6 Å². The van der Waals surface area contributed by atoms with Gasteiger partial charge in [0.15, 0.2) is 0 Å². The Balaban J connectivity index is 1.72. The van der Waals surface area contributed by atoms with Gasteiger partial charge in [0.25, 0.3) is 0 Å². The lowest BCUT2D eigenvalue weighted by atomic mass is 9.92. The minimum atomic E-state index is -4.36. The molecule has 2 saturated heterocycles. The number of amides is 2. The minimum Gasteiger partial charge on any atom is -0.354 e. The zero-order valence-corrected chi connectivity index (χ0v) is 15.3. The molecule has 0 aliphatic carbocycles. The van der Waals surface area contributed by atoms with Crippen LogP contribution in [-0.4, -0.2) is 79.6 Å². The fourth-order valence-electron chi connectivity index (χ4n) is 3.62. The molecule has 150 valence electrons. The number of hydrogen-bond donors (Lipinski definition) is 2. The van der Waals surface area contributed by atoms with Crippen LogP contribution in [0.2, 0.25) is 0 Å². The Hall–Kier alpha value is -1.35. The molecule has 0 bridgehead atoms. The monoisotopic (exact) mass is 378 g/mol. The van der Waals surface area contributed by atoms with Crippen molar-refractivity contribution in [2.75, 3.05) is 45.8 Å². The molecule has 2 aliphatic heterocycles. The molecule has 1 unspecified atom stereocenters. The van der Waals surface area contributed by atoms with Crippen molar-refractivity contribution in [2.45, 2.75) is 44.8 Å². The number of likely N-dealkylation sites (tertiary alicyclic amines) is 1. The second-order valence-electron chi connectivity index (χ2n) is 7.14. The van der Waals surface area contributed by atoms with Crippen LogP contribution in [0.25, 0.3) is 0 Å². The molecule has 0 spiro atoms. The SMILES string of the molecule is CC(=O)N1CCC(CCC(=O)NCC(N2CCNCC2)C(F)(F)F)CC1. The van der Waals surface area contributed by atoms with E-state index in [1.165, 1.54) is 4.90 Å². The van der Waals surface area contributed by atoms with E-state index in [2.05, 4.69) is 10.6 Å². The topological polar surface area (TPSA) is 64.7 Å². The normalized spacial score (nSPS) is 21.5. The summed E-state index contributed by atoms with van der Waals surface area (Å²) in [6.45, 7) is 4.25. The maximum Gasteiger partial charge on any atom is 0.405 e. The van der Waals surface area contributed by atoms with Crippen LogP contribution < -0.4 is 10.6 Å². The summed E-state index contributed by atoms with van der Waals surface area (Å²) in [5.41, 5.74) is 0. The first-order chi connectivity index (χ1) is 12.3. The molecular formula is C17H29F3N4O2. The summed E-state index contributed by atoms with van der Waals surface area (Å²) in [6.07, 6.45) is -1.78. The summed E-state index contributed by atoms with van der Waals surface area (Å²) in [7, 11) is 0.